The molecule has 3 aromatic rings. The van der Waals surface area contributed by atoms with Crippen LogP contribution >= 0.6 is 11.8 Å². The van der Waals surface area contributed by atoms with Gasteiger partial charge in [0.25, 0.3) is 5.22 Å². The number of fused-ring (bicyclic) bond motifs is 1. The molecular weight excluding hydrogens is 360 g/mol. The van der Waals surface area contributed by atoms with Crippen LogP contribution < -0.4 is 0 Å². The van der Waals surface area contributed by atoms with Crippen molar-refractivity contribution >= 4 is 17.7 Å². The van der Waals surface area contributed by atoms with Gasteiger partial charge in [0.2, 0.25) is 11.8 Å². The number of aromatic nitrogens is 3. The van der Waals surface area contributed by atoms with E-state index in [1.807, 2.05) is 30.1 Å². The molecule has 1 atom stereocenters. The first-order valence-electron chi connectivity index (χ1n) is 8.92. The number of aryl methyl sites for hydroxylation is 1. The molecule has 1 amide bonds. The van der Waals surface area contributed by atoms with Gasteiger partial charge in [-0.25, -0.2) is 0 Å². The minimum Gasteiger partial charge on any atom is -0.411 e. The Hall–Kier alpha value is -2.67. The van der Waals surface area contributed by atoms with Crippen molar-refractivity contribution in [3.05, 3.63) is 59.9 Å². The molecule has 0 bridgehead atoms. The maximum absolute atomic E-state index is 12.7. The van der Waals surface area contributed by atoms with Crippen LogP contribution in [0.3, 0.4) is 0 Å². The molecule has 0 saturated heterocycles. The molecular formula is C20H20N4O2S. The third kappa shape index (κ3) is 3.88. The van der Waals surface area contributed by atoms with Gasteiger partial charge in [-0.3, -0.25) is 9.78 Å². The van der Waals surface area contributed by atoms with Crippen LogP contribution in [0.2, 0.25) is 0 Å². The van der Waals surface area contributed by atoms with E-state index in [9.17, 15) is 4.79 Å². The molecule has 1 unspecified atom stereocenters. The predicted molar refractivity (Wildman–Crippen MR) is 103 cm³/mol. The summed E-state index contributed by atoms with van der Waals surface area (Å²) in [7, 11) is 1.88. The van der Waals surface area contributed by atoms with Gasteiger partial charge < -0.3 is 9.32 Å². The Morgan fingerprint density at radius 1 is 1.26 bits per heavy atom. The molecule has 2 aromatic heterocycles. The van der Waals surface area contributed by atoms with Crippen LogP contribution in [0.25, 0.3) is 11.5 Å². The molecule has 2 heterocycles. The van der Waals surface area contributed by atoms with Gasteiger partial charge in [-0.1, -0.05) is 36.0 Å². The molecule has 138 valence electrons. The van der Waals surface area contributed by atoms with Crippen molar-refractivity contribution in [1.82, 2.24) is 20.1 Å². The lowest BCUT2D eigenvalue weighted by atomic mass is 9.87. The van der Waals surface area contributed by atoms with E-state index < -0.39 is 0 Å². The van der Waals surface area contributed by atoms with Gasteiger partial charge in [0, 0.05) is 19.4 Å². The van der Waals surface area contributed by atoms with E-state index >= 15 is 0 Å². The molecule has 0 spiro atoms. The van der Waals surface area contributed by atoms with E-state index in [4.69, 9.17) is 4.42 Å². The van der Waals surface area contributed by atoms with Gasteiger partial charge >= 0.3 is 0 Å². The van der Waals surface area contributed by atoms with Gasteiger partial charge in [-0.05, 0) is 42.5 Å². The average molecular weight is 380 g/mol. The zero-order valence-electron chi connectivity index (χ0n) is 15.0. The number of amides is 1. The van der Waals surface area contributed by atoms with Crippen LogP contribution in [0.4, 0.5) is 0 Å². The summed E-state index contributed by atoms with van der Waals surface area (Å²) in [5.41, 5.74) is 3.37. The molecule has 27 heavy (non-hydrogen) atoms. The Morgan fingerprint density at radius 3 is 3.00 bits per heavy atom. The Kier molecular flexibility index (Phi) is 5.20. The summed E-state index contributed by atoms with van der Waals surface area (Å²) in [5, 5.41) is 8.44. The van der Waals surface area contributed by atoms with E-state index in [1.54, 1.807) is 12.4 Å². The average Bonchev–Trinajstić information content (AvgIpc) is 3.21. The first-order chi connectivity index (χ1) is 13.2. The fourth-order valence-corrected chi connectivity index (χ4v) is 4.09. The standard InChI is InChI=1S/C20H20N4O2S/c1-24(17-10-4-7-14-6-2-3-9-16(14)17)18(25)13-27-20-23-22-19(26-20)15-8-5-11-21-12-15/h2-3,5-6,8-9,11-12,17H,4,7,10,13H2,1H3. The molecule has 0 saturated carbocycles. The molecule has 7 heteroatoms. The molecule has 1 aliphatic rings. The molecule has 6 nitrogen and oxygen atoms in total. The van der Waals surface area contributed by atoms with Crippen LogP contribution in [0.15, 0.2) is 58.4 Å². The largest absolute Gasteiger partial charge is 0.411 e. The van der Waals surface area contributed by atoms with Crippen LogP contribution in [0, 0.1) is 0 Å². The van der Waals surface area contributed by atoms with Gasteiger partial charge in [0.15, 0.2) is 0 Å². The summed E-state index contributed by atoms with van der Waals surface area (Å²) in [6.07, 6.45) is 6.54. The lowest BCUT2D eigenvalue weighted by molar-refractivity contribution is -0.129. The number of hydrogen-bond donors (Lipinski definition) is 0. The maximum atomic E-state index is 12.7. The van der Waals surface area contributed by atoms with Crippen molar-refractivity contribution < 1.29 is 9.21 Å². The number of pyridine rings is 1. The quantitative estimate of drug-likeness (QED) is 0.628. The SMILES string of the molecule is CN(C(=O)CSc1nnc(-c2cccnc2)o1)C1CCCc2ccccc21. The van der Waals surface area contributed by atoms with E-state index in [2.05, 4.69) is 33.4 Å². The third-order valence-corrected chi connectivity index (χ3v) is 5.64. The summed E-state index contributed by atoms with van der Waals surface area (Å²) in [5.74, 6) is 0.736. The summed E-state index contributed by atoms with van der Waals surface area (Å²) in [6.45, 7) is 0. The zero-order valence-corrected chi connectivity index (χ0v) is 15.9. The molecule has 0 radical (unpaired) electrons. The highest BCUT2D eigenvalue weighted by atomic mass is 32.2. The van der Waals surface area contributed by atoms with Gasteiger partial charge in [-0.2, -0.15) is 0 Å². The van der Waals surface area contributed by atoms with E-state index in [0.29, 0.717) is 11.1 Å². The minimum atomic E-state index is 0.0582. The lowest BCUT2D eigenvalue weighted by Gasteiger charge is -2.33. The summed E-state index contributed by atoms with van der Waals surface area (Å²) >= 11 is 1.27. The Bertz CT molecular complexity index is 928. The summed E-state index contributed by atoms with van der Waals surface area (Å²) in [6, 6.07) is 12.2. The number of hydrogen-bond acceptors (Lipinski definition) is 6. The second-order valence-electron chi connectivity index (χ2n) is 6.51. The van der Waals surface area contributed by atoms with E-state index in [-0.39, 0.29) is 17.7 Å². The second kappa shape index (κ2) is 7.92. The van der Waals surface area contributed by atoms with Crippen LogP contribution in [-0.2, 0) is 11.2 Å². The monoisotopic (exact) mass is 380 g/mol. The number of carbonyl (C=O) groups is 1. The number of carbonyl (C=O) groups excluding carboxylic acids is 1. The topological polar surface area (TPSA) is 72.1 Å². The number of benzene rings is 1. The highest BCUT2D eigenvalue weighted by Gasteiger charge is 2.26. The molecule has 1 aliphatic carbocycles. The summed E-state index contributed by atoms with van der Waals surface area (Å²) < 4.78 is 5.63. The Morgan fingerprint density at radius 2 is 2.15 bits per heavy atom. The van der Waals surface area contributed by atoms with Crippen LogP contribution in [-0.4, -0.2) is 38.8 Å². The first kappa shape index (κ1) is 17.7. The van der Waals surface area contributed by atoms with Crippen LogP contribution in [0.1, 0.15) is 30.0 Å². The summed E-state index contributed by atoms with van der Waals surface area (Å²) in [4.78, 5) is 18.6. The van der Waals surface area contributed by atoms with Gasteiger partial charge in [-0.15, -0.1) is 10.2 Å². The number of nitrogens with zero attached hydrogens (tertiary/aromatic N) is 4. The molecule has 0 fully saturated rings. The number of thioether (sulfide) groups is 1. The van der Waals surface area contributed by atoms with Crippen LogP contribution in [0.5, 0.6) is 0 Å². The van der Waals surface area contributed by atoms with Crippen molar-refractivity contribution in [1.29, 1.82) is 0 Å². The van der Waals surface area contributed by atoms with Crippen molar-refractivity contribution in [3.63, 3.8) is 0 Å². The third-order valence-electron chi connectivity index (χ3n) is 4.83. The highest BCUT2D eigenvalue weighted by Crippen LogP contribution is 2.34. The predicted octanol–water partition coefficient (Wildman–Crippen LogP) is 3.76. The van der Waals surface area contributed by atoms with Gasteiger partial charge in [0.05, 0.1) is 17.4 Å². The minimum absolute atomic E-state index is 0.0582. The Balaban J connectivity index is 1.39. The van der Waals surface area contributed by atoms with Gasteiger partial charge in [0.1, 0.15) is 0 Å². The fourth-order valence-electron chi connectivity index (χ4n) is 3.40. The fraction of sp³-hybridized carbons (Fsp3) is 0.300. The van der Waals surface area contributed by atoms with Crippen molar-refractivity contribution in [2.75, 3.05) is 12.8 Å². The van der Waals surface area contributed by atoms with Crippen molar-refractivity contribution in [2.45, 2.75) is 30.5 Å². The second-order valence-corrected chi connectivity index (χ2v) is 7.44. The highest BCUT2D eigenvalue weighted by molar-refractivity contribution is 7.99. The molecule has 1 aromatic carbocycles. The van der Waals surface area contributed by atoms with E-state index in [1.165, 1.54) is 22.9 Å². The maximum Gasteiger partial charge on any atom is 0.277 e. The molecule has 4 rings (SSSR count). The van der Waals surface area contributed by atoms with E-state index in [0.717, 1.165) is 24.8 Å². The smallest absolute Gasteiger partial charge is 0.277 e. The molecule has 0 aliphatic heterocycles. The molecule has 0 N–H and O–H groups in total. The number of rotatable bonds is 5. The zero-order chi connectivity index (χ0) is 18.6. The van der Waals surface area contributed by atoms with Crippen molar-refractivity contribution in [2.24, 2.45) is 0 Å². The first-order valence-corrected chi connectivity index (χ1v) is 9.91. The normalized spacial score (nSPS) is 16.0. The lowest BCUT2D eigenvalue weighted by Crippen LogP contribution is -2.34. The Labute approximate surface area is 162 Å². The van der Waals surface area contributed by atoms with Crippen molar-refractivity contribution in [3.8, 4) is 11.5 Å².